The topological polar surface area (TPSA) is 77.6 Å². The van der Waals surface area contributed by atoms with Gasteiger partial charge in [-0.1, -0.05) is 0 Å². The lowest BCUT2D eigenvalue weighted by atomic mass is 9.97. The van der Waals surface area contributed by atoms with E-state index in [1.807, 2.05) is 0 Å². The predicted octanol–water partition coefficient (Wildman–Crippen LogP) is 4.66. The Bertz CT molecular complexity index is 1250. The highest BCUT2D eigenvalue weighted by atomic mass is 16.5. The molecular formula is C25H21NO5. The lowest BCUT2D eigenvalue weighted by Crippen LogP contribution is -2.06. The zero-order valence-corrected chi connectivity index (χ0v) is 17.4. The van der Waals surface area contributed by atoms with Gasteiger partial charge in [0.15, 0.2) is 11.6 Å². The molecule has 0 aliphatic carbocycles. The van der Waals surface area contributed by atoms with Crippen molar-refractivity contribution in [1.82, 2.24) is 4.98 Å². The fourth-order valence-electron chi connectivity index (χ4n) is 3.56. The number of rotatable bonds is 7. The number of ketones is 2. The average molecular weight is 415 g/mol. The Kier molecular flexibility index (Phi) is 5.45. The normalized spacial score (nSPS) is 10.7. The van der Waals surface area contributed by atoms with E-state index >= 15 is 0 Å². The number of H-pyrrole nitrogens is 1. The van der Waals surface area contributed by atoms with Gasteiger partial charge in [0.2, 0.25) is 0 Å². The van der Waals surface area contributed by atoms with Gasteiger partial charge >= 0.3 is 0 Å². The molecule has 0 aliphatic rings. The maximum atomic E-state index is 13.2. The summed E-state index contributed by atoms with van der Waals surface area (Å²) in [5.74, 6) is 1.31. The molecule has 4 aromatic rings. The first kappa shape index (κ1) is 20.2. The molecule has 0 spiro atoms. The molecule has 0 saturated heterocycles. The largest absolute Gasteiger partial charge is 0.497 e. The lowest BCUT2D eigenvalue weighted by Gasteiger charge is -2.11. The van der Waals surface area contributed by atoms with E-state index in [0.29, 0.717) is 50.4 Å². The van der Waals surface area contributed by atoms with E-state index in [4.69, 9.17) is 14.2 Å². The summed E-state index contributed by atoms with van der Waals surface area (Å²) in [5.41, 5.74) is 2.53. The Morgan fingerprint density at radius 3 is 1.65 bits per heavy atom. The van der Waals surface area contributed by atoms with Gasteiger partial charge in [-0.15, -0.1) is 0 Å². The first-order valence-corrected chi connectivity index (χ1v) is 9.63. The van der Waals surface area contributed by atoms with Crippen LogP contribution in [0.25, 0.3) is 10.9 Å². The highest BCUT2D eigenvalue weighted by Crippen LogP contribution is 2.35. The van der Waals surface area contributed by atoms with Crippen molar-refractivity contribution in [2.75, 3.05) is 21.3 Å². The summed E-state index contributed by atoms with van der Waals surface area (Å²) >= 11 is 0. The fraction of sp³-hybridized carbons (Fsp3) is 0.120. The van der Waals surface area contributed by atoms with Crippen LogP contribution in [-0.2, 0) is 0 Å². The van der Waals surface area contributed by atoms with Crippen LogP contribution in [0.15, 0.2) is 66.9 Å². The van der Waals surface area contributed by atoms with Crippen molar-refractivity contribution in [2.24, 2.45) is 0 Å². The molecule has 4 rings (SSSR count). The van der Waals surface area contributed by atoms with E-state index in [1.54, 1.807) is 81.1 Å². The highest BCUT2D eigenvalue weighted by Gasteiger charge is 2.23. The fourth-order valence-corrected chi connectivity index (χ4v) is 3.56. The van der Waals surface area contributed by atoms with Crippen LogP contribution in [0.3, 0.4) is 0 Å². The van der Waals surface area contributed by atoms with Gasteiger partial charge in [-0.2, -0.15) is 0 Å². The number of methoxy groups -OCH3 is 3. The molecule has 6 heteroatoms. The third-order valence-electron chi connectivity index (χ3n) is 5.20. The maximum absolute atomic E-state index is 13.2. The molecule has 0 radical (unpaired) electrons. The number of aromatic amines is 1. The van der Waals surface area contributed by atoms with Crippen LogP contribution in [-0.4, -0.2) is 37.9 Å². The van der Waals surface area contributed by atoms with Gasteiger partial charge in [-0.3, -0.25) is 9.59 Å². The molecule has 3 aromatic carbocycles. The van der Waals surface area contributed by atoms with Gasteiger partial charge in [-0.05, 0) is 60.7 Å². The van der Waals surface area contributed by atoms with Crippen molar-refractivity contribution in [3.63, 3.8) is 0 Å². The summed E-state index contributed by atoms with van der Waals surface area (Å²) in [6.07, 6.45) is 1.64. The molecular weight excluding hydrogens is 394 g/mol. The first-order chi connectivity index (χ1) is 15.1. The van der Waals surface area contributed by atoms with Crippen LogP contribution < -0.4 is 14.2 Å². The van der Waals surface area contributed by atoms with Crippen molar-refractivity contribution in [3.8, 4) is 17.2 Å². The van der Waals surface area contributed by atoms with Crippen LogP contribution in [0.5, 0.6) is 17.2 Å². The molecule has 0 bridgehead atoms. The molecule has 0 amide bonds. The number of hydrogen-bond donors (Lipinski definition) is 1. The monoisotopic (exact) mass is 415 g/mol. The number of carbonyl (C=O) groups excluding carboxylic acids is 2. The van der Waals surface area contributed by atoms with E-state index in [1.165, 1.54) is 7.11 Å². The van der Waals surface area contributed by atoms with Crippen molar-refractivity contribution >= 4 is 22.5 Å². The number of fused-ring (bicyclic) bond motifs is 1. The molecule has 0 unspecified atom stereocenters. The lowest BCUT2D eigenvalue weighted by molar-refractivity contribution is 0.102. The number of aromatic nitrogens is 1. The minimum atomic E-state index is -0.203. The molecule has 1 aromatic heterocycles. The Morgan fingerprint density at radius 2 is 1.16 bits per heavy atom. The zero-order valence-electron chi connectivity index (χ0n) is 17.4. The summed E-state index contributed by atoms with van der Waals surface area (Å²) in [7, 11) is 4.64. The summed E-state index contributed by atoms with van der Waals surface area (Å²) in [4.78, 5) is 29.5. The standard InChI is InChI=1S/C25H21NO5/c1-29-17-8-4-15(5-9-17)23(27)19-12-13-21-22(25(19)31-3)20(14-26-21)24(28)16-6-10-18(30-2)11-7-16/h4-14,26H,1-3H3. The maximum Gasteiger partial charge on any atom is 0.196 e. The van der Waals surface area contributed by atoms with E-state index in [0.717, 1.165) is 0 Å². The molecule has 0 aliphatic heterocycles. The van der Waals surface area contributed by atoms with Gasteiger partial charge in [0.25, 0.3) is 0 Å². The number of benzene rings is 3. The smallest absolute Gasteiger partial charge is 0.196 e. The Morgan fingerprint density at radius 1 is 0.645 bits per heavy atom. The highest BCUT2D eigenvalue weighted by molar-refractivity contribution is 6.20. The van der Waals surface area contributed by atoms with Crippen LogP contribution in [0.1, 0.15) is 31.8 Å². The molecule has 1 heterocycles. The third-order valence-corrected chi connectivity index (χ3v) is 5.20. The summed E-state index contributed by atoms with van der Waals surface area (Å²) in [6, 6.07) is 17.2. The van der Waals surface area contributed by atoms with Crippen LogP contribution in [0.2, 0.25) is 0 Å². The van der Waals surface area contributed by atoms with Crippen molar-refractivity contribution in [1.29, 1.82) is 0 Å². The molecule has 6 nitrogen and oxygen atoms in total. The molecule has 1 N–H and O–H groups in total. The second kappa shape index (κ2) is 8.36. The van der Waals surface area contributed by atoms with E-state index in [-0.39, 0.29) is 11.6 Å². The zero-order chi connectivity index (χ0) is 22.0. The van der Waals surface area contributed by atoms with Crippen molar-refractivity contribution < 1.29 is 23.8 Å². The second-order valence-electron chi connectivity index (χ2n) is 6.89. The Hall–Kier alpha value is -4.06. The van der Waals surface area contributed by atoms with Crippen molar-refractivity contribution in [3.05, 3.63) is 89.1 Å². The molecule has 0 saturated carbocycles. The van der Waals surface area contributed by atoms with Gasteiger partial charge in [0, 0.05) is 22.8 Å². The minimum Gasteiger partial charge on any atom is -0.497 e. The number of hydrogen-bond acceptors (Lipinski definition) is 5. The Balaban J connectivity index is 1.80. The second-order valence-corrected chi connectivity index (χ2v) is 6.89. The van der Waals surface area contributed by atoms with Crippen LogP contribution >= 0.6 is 0 Å². The van der Waals surface area contributed by atoms with Gasteiger partial charge in [-0.25, -0.2) is 0 Å². The predicted molar refractivity (Wildman–Crippen MR) is 118 cm³/mol. The van der Waals surface area contributed by atoms with Crippen molar-refractivity contribution in [2.45, 2.75) is 0 Å². The van der Waals surface area contributed by atoms with E-state index < -0.39 is 0 Å². The molecule has 0 atom stereocenters. The Labute approximate surface area is 179 Å². The number of carbonyl (C=O) groups is 2. The summed E-state index contributed by atoms with van der Waals surface area (Å²) in [6.45, 7) is 0. The van der Waals surface area contributed by atoms with Crippen LogP contribution in [0, 0.1) is 0 Å². The quantitative estimate of drug-likeness (QED) is 0.445. The number of nitrogens with one attached hydrogen (secondary N) is 1. The van der Waals surface area contributed by atoms with Crippen LogP contribution in [0.4, 0.5) is 0 Å². The van der Waals surface area contributed by atoms with E-state index in [9.17, 15) is 9.59 Å². The SMILES string of the molecule is COc1ccc(C(=O)c2ccc3[nH]cc(C(=O)c4ccc(OC)cc4)c3c2OC)cc1. The summed E-state index contributed by atoms with van der Waals surface area (Å²) < 4.78 is 16.0. The molecule has 156 valence electrons. The summed E-state index contributed by atoms with van der Waals surface area (Å²) in [5, 5.41) is 0.572. The average Bonchev–Trinajstić information content (AvgIpc) is 3.27. The number of ether oxygens (including phenoxy) is 3. The van der Waals surface area contributed by atoms with E-state index in [2.05, 4.69) is 4.98 Å². The minimum absolute atomic E-state index is 0.179. The third kappa shape index (κ3) is 3.64. The molecule has 0 fully saturated rings. The first-order valence-electron chi connectivity index (χ1n) is 9.63. The van der Waals surface area contributed by atoms with Gasteiger partial charge in [0.1, 0.15) is 17.2 Å². The van der Waals surface area contributed by atoms with Gasteiger partial charge in [0.05, 0.1) is 37.8 Å². The molecule has 31 heavy (non-hydrogen) atoms. The van der Waals surface area contributed by atoms with Gasteiger partial charge < -0.3 is 19.2 Å².